The molecule has 0 aromatic heterocycles. The predicted octanol–water partition coefficient (Wildman–Crippen LogP) is 2.32. The summed E-state index contributed by atoms with van der Waals surface area (Å²) >= 11 is 0. The number of unbranched alkanes of at least 4 members (excludes halogenated alkanes) is 3. The number of carbonyl (C=O) groups is 2. The first kappa shape index (κ1) is 22.3. The fourth-order valence-electron chi connectivity index (χ4n) is 2.06. The van der Waals surface area contributed by atoms with Crippen molar-refractivity contribution in [2.45, 2.75) is 32.3 Å². The van der Waals surface area contributed by atoms with Gasteiger partial charge in [-0.15, -0.1) is 0 Å². The van der Waals surface area contributed by atoms with Gasteiger partial charge in [-0.25, -0.2) is 4.79 Å². The molecule has 0 bridgehead atoms. The van der Waals surface area contributed by atoms with Crippen LogP contribution in [0.1, 0.15) is 31.2 Å². The number of amides is 2. The Hall–Kier alpha value is -1.73. The van der Waals surface area contributed by atoms with Crippen molar-refractivity contribution in [2.75, 3.05) is 31.7 Å². The van der Waals surface area contributed by atoms with Gasteiger partial charge in [-0.3, -0.25) is 4.79 Å². The van der Waals surface area contributed by atoms with E-state index in [9.17, 15) is 9.59 Å². The third kappa shape index (κ3) is 11.0. The Bertz CT molecular complexity index is 540. The minimum atomic E-state index is -1.26. The van der Waals surface area contributed by atoms with Crippen LogP contribution in [0.4, 0.5) is 10.5 Å². The molecule has 0 radical (unpaired) electrons. The summed E-state index contributed by atoms with van der Waals surface area (Å²) in [6.07, 6.45) is 3.29. The molecule has 0 aliphatic carbocycles. The van der Waals surface area contributed by atoms with Crippen LogP contribution >= 0.6 is 8.38 Å². The highest BCUT2D eigenvalue weighted by Crippen LogP contribution is 2.25. The number of alkyl carbamates (subject to hydrolysis) is 1. The molecule has 0 aliphatic rings. The molecule has 0 fully saturated rings. The Labute approximate surface area is 155 Å². The molecule has 1 aromatic carbocycles. The monoisotopic (exact) mass is 385 g/mol. The summed E-state index contributed by atoms with van der Waals surface area (Å²) in [6, 6.07) is 7.01. The molecule has 0 saturated heterocycles. The standard InChI is InChI=1S/C17H28N3O5P/c1-26(23)25-11-5-3-2-4-10-19-17(22)24-13-14-6-8-15(9-7-14)20-16(21)12-18/h6-9,23H,2-5,10-13,18H2,1H3,(H,19,22)(H,20,21). The van der Waals surface area contributed by atoms with Crippen LogP contribution in [0.25, 0.3) is 0 Å². The number of anilines is 1. The van der Waals surface area contributed by atoms with E-state index >= 15 is 0 Å². The van der Waals surface area contributed by atoms with Gasteiger partial charge in [-0.2, -0.15) is 0 Å². The first-order valence-electron chi connectivity index (χ1n) is 8.56. The maximum atomic E-state index is 11.6. The van der Waals surface area contributed by atoms with Crippen LogP contribution in [0, 0.1) is 0 Å². The van der Waals surface area contributed by atoms with Gasteiger partial charge in [0.15, 0.2) is 8.38 Å². The number of nitrogens with two attached hydrogens (primary N) is 1. The molecule has 8 nitrogen and oxygen atoms in total. The summed E-state index contributed by atoms with van der Waals surface area (Å²) in [6.45, 7) is 2.88. The number of hydrogen-bond donors (Lipinski definition) is 4. The Morgan fingerprint density at radius 2 is 1.85 bits per heavy atom. The third-order valence-corrected chi connectivity index (χ3v) is 3.97. The van der Waals surface area contributed by atoms with E-state index in [4.69, 9.17) is 19.9 Å². The van der Waals surface area contributed by atoms with Crippen molar-refractivity contribution in [3.8, 4) is 0 Å². The van der Waals surface area contributed by atoms with Crippen molar-refractivity contribution in [1.29, 1.82) is 0 Å². The third-order valence-electron chi connectivity index (χ3n) is 3.41. The van der Waals surface area contributed by atoms with Crippen molar-refractivity contribution < 1.29 is 23.7 Å². The number of hydrogen-bond acceptors (Lipinski definition) is 6. The van der Waals surface area contributed by atoms with Crippen LogP contribution in [-0.2, 0) is 20.7 Å². The molecule has 146 valence electrons. The molecule has 1 aromatic rings. The maximum Gasteiger partial charge on any atom is 0.407 e. The van der Waals surface area contributed by atoms with E-state index in [2.05, 4.69) is 10.6 Å². The molecule has 9 heteroatoms. The highest BCUT2D eigenvalue weighted by Gasteiger charge is 2.03. The van der Waals surface area contributed by atoms with Crippen molar-refractivity contribution in [3.05, 3.63) is 29.8 Å². The quantitative estimate of drug-likeness (QED) is 0.323. The molecule has 0 heterocycles. The van der Waals surface area contributed by atoms with Crippen LogP contribution in [0.5, 0.6) is 0 Å². The Kier molecular flexibility index (Phi) is 11.6. The van der Waals surface area contributed by atoms with Crippen molar-refractivity contribution in [1.82, 2.24) is 5.32 Å². The average Bonchev–Trinajstić information content (AvgIpc) is 2.63. The first-order chi connectivity index (χ1) is 12.5. The molecule has 0 aliphatic heterocycles. The van der Waals surface area contributed by atoms with Gasteiger partial charge in [0.2, 0.25) is 5.91 Å². The highest BCUT2D eigenvalue weighted by atomic mass is 31.2. The predicted molar refractivity (Wildman–Crippen MR) is 102 cm³/mol. The lowest BCUT2D eigenvalue weighted by molar-refractivity contribution is -0.114. The number of carbonyl (C=O) groups excluding carboxylic acids is 2. The second-order valence-electron chi connectivity index (χ2n) is 5.66. The molecule has 1 atom stereocenters. The summed E-state index contributed by atoms with van der Waals surface area (Å²) in [4.78, 5) is 31.8. The minimum absolute atomic E-state index is 0.0681. The van der Waals surface area contributed by atoms with Crippen LogP contribution in [0.15, 0.2) is 24.3 Å². The van der Waals surface area contributed by atoms with E-state index < -0.39 is 14.5 Å². The lowest BCUT2D eigenvalue weighted by atomic mass is 10.2. The molecule has 5 N–H and O–H groups in total. The first-order valence-corrected chi connectivity index (χ1v) is 10.2. The van der Waals surface area contributed by atoms with E-state index in [0.717, 1.165) is 31.2 Å². The zero-order chi connectivity index (χ0) is 19.2. The maximum absolute atomic E-state index is 11.6. The smallest absolute Gasteiger partial charge is 0.407 e. The SMILES string of the molecule is CP(O)OCCCCCCNC(=O)OCc1ccc(NC(=O)CN)cc1. The summed E-state index contributed by atoms with van der Waals surface area (Å²) in [7, 11) is -1.26. The zero-order valence-electron chi connectivity index (χ0n) is 15.1. The summed E-state index contributed by atoms with van der Waals surface area (Å²) < 4.78 is 10.2. The van der Waals surface area contributed by atoms with Gasteiger partial charge < -0.3 is 30.5 Å². The van der Waals surface area contributed by atoms with Gasteiger partial charge in [-0.05, 0) is 30.5 Å². The van der Waals surface area contributed by atoms with Gasteiger partial charge >= 0.3 is 6.09 Å². The molecule has 0 saturated carbocycles. The largest absolute Gasteiger partial charge is 0.445 e. The fraction of sp³-hybridized carbons (Fsp3) is 0.529. The lowest BCUT2D eigenvalue weighted by Crippen LogP contribution is -2.25. The topological polar surface area (TPSA) is 123 Å². The van der Waals surface area contributed by atoms with Gasteiger partial charge in [0.05, 0.1) is 13.2 Å². The van der Waals surface area contributed by atoms with Gasteiger partial charge in [0.1, 0.15) is 6.61 Å². The normalized spacial score (nSPS) is 11.7. The van der Waals surface area contributed by atoms with E-state index in [1.165, 1.54) is 0 Å². The lowest BCUT2D eigenvalue weighted by Gasteiger charge is -2.08. The second kappa shape index (κ2) is 13.5. The molecule has 1 unspecified atom stereocenters. The number of nitrogens with one attached hydrogen (secondary N) is 2. The van der Waals surface area contributed by atoms with Crippen molar-refractivity contribution in [2.24, 2.45) is 5.73 Å². The Morgan fingerprint density at radius 1 is 1.15 bits per heavy atom. The van der Waals surface area contributed by atoms with Crippen LogP contribution < -0.4 is 16.4 Å². The van der Waals surface area contributed by atoms with Crippen molar-refractivity contribution >= 4 is 26.1 Å². The number of rotatable bonds is 12. The van der Waals surface area contributed by atoms with Crippen LogP contribution in [0.2, 0.25) is 0 Å². The number of benzene rings is 1. The van der Waals surface area contributed by atoms with Crippen LogP contribution in [-0.4, -0.2) is 43.3 Å². The average molecular weight is 385 g/mol. The van der Waals surface area contributed by atoms with Gasteiger partial charge in [-0.1, -0.05) is 25.0 Å². The molecule has 26 heavy (non-hydrogen) atoms. The molecule has 0 spiro atoms. The Morgan fingerprint density at radius 3 is 2.50 bits per heavy atom. The minimum Gasteiger partial charge on any atom is -0.445 e. The van der Waals surface area contributed by atoms with E-state index in [1.54, 1.807) is 30.9 Å². The van der Waals surface area contributed by atoms with Crippen LogP contribution in [0.3, 0.4) is 0 Å². The molecule has 1 rings (SSSR count). The highest BCUT2D eigenvalue weighted by molar-refractivity contribution is 7.45. The van der Waals surface area contributed by atoms with Gasteiger partial charge in [0.25, 0.3) is 0 Å². The Balaban J connectivity index is 2.08. The van der Waals surface area contributed by atoms with E-state index in [0.29, 0.717) is 18.8 Å². The molecular weight excluding hydrogens is 357 g/mol. The van der Waals surface area contributed by atoms with E-state index in [-0.39, 0.29) is 19.1 Å². The summed E-state index contributed by atoms with van der Waals surface area (Å²) in [5.41, 5.74) is 6.70. The zero-order valence-corrected chi connectivity index (χ0v) is 16.0. The fourth-order valence-corrected chi connectivity index (χ4v) is 2.46. The number of ether oxygens (including phenoxy) is 1. The summed E-state index contributed by atoms with van der Waals surface area (Å²) in [5, 5.41) is 5.35. The second-order valence-corrected chi connectivity index (χ2v) is 6.85. The molecular formula is C17H28N3O5P. The van der Waals surface area contributed by atoms with E-state index in [1.807, 2.05) is 0 Å². The molecule has 2 amide bonds. The van der Waals surface area contributed by atoms with Crippen molar-refractivity contribution in [3.63, 3.8) is 0 Å². The summed E-state index contributed by atoms with van der Waals surface area (Å²) in [5.74, 6) is -0.260. The van der Waals surface area contributed by atoms with Gasteiger partial charge in [0, 0.05) is 18.9 Å².